The summed E-state index contributed by atoms with van der Waals surface area (Å²) in [6, 6.07) is 12.8. The normalized spacial score (nSPS) is 23.0. The van der Waals surface area contributed by atoms with Gasteiger partial charge in [0.1, 0.15) is 5.75 Å². The molecule has 0 amide bonds. The fraction of sp³-hybridized carbons (Fsp3) is 0.421. The smallest absolute Gasteiger partial charge is 0.132 e. The van der Waals surface area contributed by atoms with E-state index in [2.05, 4.69) is 18.9 Å². The van der Waals surface area contributed by atoms with Crippen LogP contribution in [0.3, 0.4) is 0 Å². The fourth-order valence-electron chi connectivity index (χ4n) is 3.38. The quantitative estimate of drug-likeness (QED) is 0.826. The summed E-state index contributed by atoms with van der Waals surface area (Å²) in [6.45, 7) is 6.44. The average Bonchev–Trinajstić information content (AvgIpc) is 2.51. The average molecular weight is 296 g/mol. The Balaban J connectivity index is 1.99. The van der Waals surface area contributed by atoms with Gasteiger partial charge in [-0.2, -0.15) is 5.10 Å². The van der Waals surface area contributed by atoms with Crippen LogP contribution in [0.25, 0.3) is 10.8 Å². The Morgan fingerprint density at radius 1 is 1.09 bits per heavy atom. The molecule has 0 aliphatic carbocycles. The van der Waals surface area contributed by atoms with Crippen molar-refractivity contribution >= 4 is 16.5 Å². The van der Waals surface area contributed by atoms with Crippen molar-refractivity contribution in [1.82, 2.24) is 5.01 Å². The second-order valence-corrected chi connectivity index (χ2v) is 6.38. The summed E-state index contributed by atoms with van der Waals surface area (Å²) in [5, 5.41) is 19.5. The summed E-state index contributed by atoms with van der Waals surface area (Å²) in [6.07, 6.45) is 3.64. The van der Waals surface area contributed by atoms with Gasteiger partial charge >= 0.3 is 0 Å². The molecule has 116 valence electrons. The van der Waals surface area contributed by atoms with E-state index in [0.717, 1.165) is 22.0 Å². The first-order valence-corrected chi connectivity index (χ1v) is 8.12. The number of phenolic OH excluding ortho intramolecular Hbond substituents is 1. The monoisotopic (exact) mass is 296 g/mol. The maximum Gasteiger partial charge on any atom is 0.132 e. The van der Waals surface area contributed by atoms with Gasteiger partial charge < -0.3 is 5.11 Å². The second-order valence-electron chi connectivity index (χ2n) is 6.38. The van der Waals surface area contributed by atoms with Gasteiger partial charge in [0.25, 0.3) is 0 Å². The van der Waals surface area contributed by atoms with Crippen molar-refractivity contribution in [2.45, 2.75) is 52.1 Å². The highest BCUT2D eigenvalue weighted by molar-refractivity contribution is 6.06. The summed E-state index contributed by atoms with van der Waals surface area (Å²) in [5.41, 5.74) is 1.70. The van der Waals surface area contributed by atoms with Crippen LogP contribution in [0.1, 0.15) is 45.6 Å². The second kappa shape index (κ2) is 5.99. The van der Waals surface area contributed by atoms with Crippen molar-refractivity contribution in [3.05, 3.63) is 42.0 Å². The molecule has 1 heterocycles. The van der Waals surface area contributed by atoms with Gasteiger partial charge in [0.05, 0.1) is 5.71 Å². The van der Waals surface area contributed by atoms with Crippen LogP contribution in [0.5, 0.6) is 5.75 Å². The van der Waals surface area contributed by atoms with Crippen molar-refractivity contribution in [2.24, 2.45) is 5.10 Å². The van der Waals surface area contributed by atoms with E-state index in [-0.39, 0.29) is 0 Å². The number of rotatable bonds is 2. The molecule has 0 spiro atoms. The maximum absolute atomic E-state index is 10.6. The molecule has 1 fully saturated rings. The van der Waals surface area contributed by atoms with E-state index in [0.29, 0.717) is 17.8 Å². The van der Waals surface area contributed by atoms with Crippen LogP contribution in [0.4, 0.5) is 0 Å². The van der Waals surface area contributed by atoms with Crippen molar-refractivity contribution in [3.8, 4) is 5.75 Å². The first-order chi connectivity index (χ1) is 10.6. The molecule has 1 saturated heterocycles. The lowest BCUT2D eigenvalue weighted by molar-refractivity contribution is 0.108. The highest BCUT2D eigenvalue weighted by atomic mass is 16.3. The molecule has 1 aliphatic rings. The molecular formula is C19H24N2O. The number of piperidine rings is 1. The van der Waals surface area contributed by atoms with Gasteiger partial charge in [-0.25, -0.2) is 0 Å². The standard InChI is InChI=1S/C19H24N2O/c1-13-7-6-8-14(2)21(13)20-15(3)17-12-11-16-9-4-5-10-18(16)19(17)22/h4-5,9-14,22H,6-8H2,1-3H3. The molecule has 0 aromatic heterocycles. The lowest BCUT2D eigenvalue weighted by atomic mass is 9.99. The number of nitrogens with zero attached hydrogens (tertiary/aromatic N) is 2. The largest absolute Gasteiger partial charge is 0.507 e. The summed E-state index contributed by atoms with van der Waals surface area (Å²) in [5.74, 6) is 0.330. The fourth-order valence-corrected chi connectivity index (χ4v) is 3.38. The number of benzene rings is 2. The van der Waals surface area contributed by atoms with Gasteiger partial charge in [-0.1, -0.05) is 30.3 Å². The molecule has 3 nitrogen and oxygen atoms in total. The highest BCUT2D eigenvalue weighted by Gasteiger charge is 2.23. The van der Waals surface area contributed by atoms with E-state index in [1.54, 1.807) is 0 Å². The topological polar surface area (TPSA) is 35.8 Å². The van der Waals surface area contributed by atoms with Crippen molar-refractivity contribution in [1.29, 1.82) is 0 Å². The molecule has 2 aromatic carbocycles. The molecule has 0 saturated carbocycles. The van der Waals surface area contributed by atoms with E-state index in [1.165, 1.54) is 19.3 Å². The Bertz CT molecular complexity index is 698. The predicted molar refractivity (Wildman–Crippen MR) is 92.4 cm³/mol. The van der Waals surface area contributed by atoms with E-state index in [4.69, 9.17) is 5.10 Å². The SMILES string of the molecule is CC(=NN1C(C)CCCC1C)c1ccc2ccccc2c1O. The Morgan fingerprint density at radius 3 is 2.50 bits per heavy atom. The summed E-state index contributed by atoms with van der Waals surface area (Å²) >= 11 is 0. The van der Waals surface area contributed by atoms with E-state index in [1.807, 2.05) is 43.3 Å². The zero-order valence-electron chi connectivity index (χ0n) is 13.6. The minimum atomic E-state index is 0.330. The molecule has 0 bridgehead atoms. The van der Waals surface area contributed by atoms with Gasteiger partial charge in [0.2, 0.25) is 0 Å². The van der Waals surface area contributed by atoms with Crippen LogP contribution >= 0.6 is 0 Å². The zero-order valence-corrected chi connectivity index (χ0v) is 13.6. The minimum Gasteiger partial charge on any atom is -0.507 e. The third-order valence-electron chi connectivity index (χ3n) is 4.70. The molecule has 2 unspecified atom stereocenters. The van der Waals surface area contributed by atoms with Crippen molar-refractivity contribution < 1.29 is 5.11 Å². The van der Waals surface area contributed by atoms with Crippen LogP contribution in [0, 0.1) is 0 Å². The lowest BCUT2D eigenvalue weighted by Crippen LogP contribution is -2.40. The molecule has 0 radical (unpaired) electrons. The van der Waals surface area contributed by atoms with Crippen LogP contribution in [-0.4, -0.2) is 27.9 Å². The van der Waals surface area contributed by atoms with Crippen LogP contribution in [0.2, 0.25) is 0 Å². The van der Waals surface area contributed by atoms with E-state index in [9.17, 15) is 5.11 Å². The number of hydrogen-bond donors (Lipinski definition) is 1. The number of hydrazone groups is 1. The van der Waals surface area contributed by atoms with Crippen molar-refractivity contribution in [2.75, 3.05) is 0 Å². The highest BCUT2D eigenvalue weighted by Crippen LogP contribution is 2.30. The van der Waals surface area contributed by atoms with Gasteiger partial charge in [0, 0.05) is 23.0 Å². The Hall–Kier alpha value is -2.03. The number of hydrogen-bond acceptors (Lipinski definition) is 3. The molecule has 22 heavy (non-hydrogen) atoms. The van der Waals surface area contributed by atoms with Gasteiger partial charge in [-0.05, 0) is 51.5 Å². The first kappa shape index (κ1) is 14.9. The lowest BCUT2D eigenvalue weighted by Gasteiger charge is -2.37. The van der Waals surface area contributed by atoms with E-state index < -0.39 is 0 Å². The summed E-state index contributed by atoms with van der Waals surface area (Å²) < 4.78 is 0. The summed E-state index contributed by atoms with van der Waals surface area (Å²) in [7, 11) is 0. The number of phenols is 1. The van der Waals surface area contributed by atoms with Crippen LogP contribution in [-0.2, 0) is 0 Å². The van der Waals surface area contributed by atoms with E-state index >= 15 is 0 Å². The van der Waals surface area contributed by atoms with Crippen LogP contribution < -0.4 is 0 Å². The molecule has 1 N–H and O–H groups in total. The molecule has 3 heteroatoms. The molecular weight excluding hydrogens is 272 g/mol. The minimum absolute atomic E-state index is 0.330. The number of aromatic hydroxyl groups is 1. The zero-order chi connectivity index (χ0) is 15.7. The Kier molecular flexibility index (Phi) is 4.06. The first-order valence-electron chi connectivity index (χ1n) is 8.12. The van der Waals surface area contributed by atoms with Crippen molar-refractivity contribution in [3.63, 3.8) is 0 Å². The predicted octanol–water partition coefficient (Wildman–Crippen LogP) is 4.53. The maximum atomic E-state index is 10.6. The Labute approximate surface area is 132 Å². The Morgan fingerprint density at radius 2 is 1.77 bits per heavy atom. The molecule has 2 aromatic rings. The number of fused-ring (bicyclic) bond motifs is 1. The van der Waals surface area contributed by atoms with Gasteiger partial charge in [0.15, 0.2) is 0 Å². The van der Waals surface area contributed by atoms with Gasteiger partial charge in [-0.15, -0.1) is 0 Å². The molecule has 3 rings (SSSR count). The van der Waals surface area contributed by atoms with Gasteiger partial charge in [-0.3, -0.25) is 5.01 Å². The van der Waals surface area contributed by atoms with Crippen LogP contribution in [0.15, 0.2) is 41.5 Å². The third-order valence-corrected chi connectivity index (χ3v) is 4.70. The third kappa shape index (κ3) is 2.68. The molecule has 2 atom stereocenters. The molecule has 1 aliphatic heterocycles. The summed E-state index contributed by atoms with van der Waals surface area (Å²) in [4.78, 5) is 0.